The summed E-state index contributed by atoms with van der Waals surface area (Å²) in [5.74, 6) is 0.739. The average Bonchev–Trinajstić information content (AvgIpc) is 2.99. The third kappa shape index (κ3) is 4.00. The Balaban J connectivity index is 2.09. The van der Waals surface area contributed by atoms with Gasteiger partial charge in [-0.3, -0.25) is 14.5 Å². The predicted molar refractivity (Wildman–Crippen MR) is 109 cm³/mol. The summed E-state index contributed by atoms with van der Waals surface area (Å²) in [4.78, 5) is 27.3. The molecule has 0 radical (unpaired) electrons. The van der Waals surface area contributed by atoms with Gasteiger partial charge in [0.25, 0.3) is 5.56 Å². The van der Waals surface area contributed by atoms with Gasteiger partial charge in [0.1, 0.15) is 5.75 Å². The van der Waals surface area contributed by atoms with Crippen molar-refractivity contribution in [1.29, 1.82) is 0 Å². The summed E-state index contributed by atoms with van der Waals surface area (Å²) in [7, 11) is 0. The fourth-order valence-corrected chi connectivity index (χ4v) is 3.70. The minimum atomic E-state index is -0.528. The lowest BCUT2D eigenvalue weighted by Gasteiger charge is -2.22. The largest absolute Gasteiger partial charge is 0.437 e. The highest BCUT2D eigenvalue weighted by molar-refractivity contribution is 6.34. The minimum Gasteiger partial charge on any atom is -0.437 e. The topological polar surface area (TPSA) is 92.8 Å². The van der Waals surface area contributed by atoms with E-state index in [0.29, 0.717) is 33.8 Å². The van der Waals surface area contributed by atoms with Gasteiger partial charge in [-0.15, -0.1) is 5.10 Å². The zero-order valence-electron chi connectivity index (χ0n) is 15.6. The Morgan fingerprint density at radius 2 is 1.86 bits per heavy atom. The van der Waals surface area contributed by atoms with Gasteiger partial charge in [-0.25, -0.2) is 4.79 Å². The molecule has 9 heteroatoms. The van der Waals surface area contributed by atoms with Crippen molar-refractivity contribution in [2.75, 3.05) is 0 Å². The molecule has 0 spiro atoms. The summed E-state index contributed by atoms with van der Waals surface area (Å²) in [6.07, 6.45) is 1.92. The summed E-state index contributed by atoms with van der Waals surface area (Å²) in [5, 5.41) is 8.11. The summed E-state index contributed by atoms with van der Waals surface area (Å²) < 4.78 is 7.08. The van der Waals surface area contributed by atoms with Crippen LogP contribution in [0.5, 0.6) is 11.6 Å². The summed E-state index contributed by atoms with van der Waals surface area (Å²) in [6.45, 7) is 5.81. The molecule has 1 unspecified atom stereocenters. The Kier molecular flexibility index (Phi) is 5.96. The van der Waals surface area contributed by atoms with Crippen molar-refractivity contribution in [3.63, 3.8) is 0 Å². The first-order chi connectivity index (χ1) is 13.3. The van der Waals surface area contributed by atoms with Gasteiger partial charge in [-0.05, 0) is 30.5 Å². The first-order valence-electron chi connectivity index (χ1n) is 8.83. The number of H-pyrrole nitrogens is 2. The van der Waals surface area contributed by atoms with E-state index in [1.54, 1.807) is 18.2 Å². The van der Waals surface area contributed by atoms with E-state index >= 15 is 0 Å². The Hall–Kier alpha value is -2.51. The van der Waals surface area contributed by atoms with E-state index in [1.165, 1.54) is 16.8 Å². The molecule has 2 heterocycles. The lowest BCUT2D eigenvalue weighted by Crippen LogP contribution is -2.40. The second kappa shape index (κ2) is 8.24. The van der Waals surface area contributed by atoms with Gasteiger partial charge in [0.2, 0.25) is 5.88 Å². The van der Waals surface area contributed by atoms with Crippen LogP contribution in [0.2, 0.25) is 10.0 Å². The van der Waals surface area contributed by atoms with Crippen LogP contribution in [0.15, 0.2) is 40.1 Å². The second-order valence-corrected chi connectivity index (χ2v) is 7.53. The van der Waals surface area contributed by atoms with Gasteiger partial charge in [0.15, 0.2) is 0 Å². The van der Waals surface area contributed by atoms with E-state index in [9.17, 15) is 9.59 Å². The Morgan fingerprint density at radius 3 is 2.43 bits per heavy atom. The number of aromatic amines is 2. The highest BCUT2D eigenvalue weighted by atomic mass is 35.5. The molecule has 148 valence electrons. The quantitative estimate of drug-likeness (QED) is 0.623. The van der Waals surface area contributed by atoms with Crippen LogP contribution in [0.1, 0.15) is 38.1 Å². The zero-order valence-corrected chi connectivity index (χ0v) is 17.1. The van der Waals surface area contributed by atoms with Crippen molar-refractivity contribution in [3.05, 3.63) is 72.6 Å². The molecule has 0 saturated heterocycles. The number of aromatic nitrogens is 4. The predicted octanol–water partition coefficient (Wildman–Crippen LogP) is 4.17. The highest BCUT2D eigenvalue weighted by Gasteiger charge is 2.28. The van der Waals surface area contributed by atoms with Crippen LogP contribution in [-0.2, 0) is 6.42 Å². The van der Waals surface area contributed by atoms with Crippen molar-refractivity contribution >= 4 is 23.2 Å². The molecule has 2 aromatic heterocycles. The monoisotopic (exact) mass is 422 g/mol. The maximum Gasteiger partial charge on any atom is 0.328 e. The molecule has 0 aliphatic rings. The van der Waals surface area contributed by atoms with Gasteiger partial charge in [0, 0.05) is 27.9 Å². The van der Waals surface area contributed by atoms with Gasteiger partial charge in [0.05, 0.1) is 11.7 Å². The van der Waals surface area contributed by atoms with E-state index in [1.807, 2.05) is 20.8 Å². The minimum absolute atomic E-state index is 0.0552. The van der Waals surface area contributed by atoms with E-state index in [-0.39, 0.29) is 11.5 Å². The van der Waals surface area contributed by atoms with Crippen molar-refractivity contribution < 1.29 is 4.74 Å². The van der Waals surface area contributed by atoms with Crippen molar-refractivity contribution in [2.24, 2.45) is 5.92 Å². The smallest absolute Gasteiger partial charge is 0.328 e. The van der Waals surface area contributed by atoms with Gasteiger partial charge < -0.3 is 9.72 Å². The normalized spacial score (nSPS) is 12.4. The average molecular weight is 423 g/mol. The zero-order chi connectivity index (χ0) is 20.4. The molecule has 1 aromatic carbocycles. The molecular formula is C19H20Cl2N4O3. The molecule has 1 atom stereocenters. The molecule has 0 aliphatic carbocycles. The van der Waals surface area contributed by atoms with Gasteiger partial charge in [-0.2, -0.15) is 0 Å². The Morgan fingerprint density at radius 1 is 1.18 bits per heavy atom. The molecule has 2 N–H and O–H groups in total. The standard InChI is InChI=1S/C19H20Cl2N4O3/c1-4-14-16(17(10(2)3)25-15(26)5-6-22-19(25)27)23-24-18(14)28-13-8-11(20)7-12(21)9-13/h5-10,17H,4H2,1-3H3,(H,22,27)(H,23,24). The van der Waals surface area contributed by atoms with Crippen molar-refractivity contribution in [1.82, 2.24) is 19.7 Å². The summed E-state index contributed by atoms with van der Waals surface area (Å²) in [5.41, 5.74) is 0.555. The number of benzene rings is 1. The molecule has 0 saturated carbocycles. The van der Waals surface area contributed by atoms with Crippen LogP contribution in [0, 0.1) is 5.92 Å². The van der Waals surface area contributed by atoms with Crippen LogP contribution in [0.3, 0.4) is 0 Å². The lowest BCUT2D eigenvalue weighted by atomic mass is 9.96. The van der Waals surface area contributed by atoms with E-state index < -0.39 is 11.7 Å². The van der Waals surface area contributed by atoms with Crippen molar-refractivity contribution in [3.8, 4) is 11.6 Å². The van der Waals surface area contributed by atoms with Crippen LogP contribution in [0.4, 0.5) is 0 Å². The Bertz CT molecular complexity index is 1050. The third-order valence-electron chi connectivity index (χ3n) is 4.36. The number of hydrogen-bond donors (Lipinski definition) is 2. The molecule has 3 rings (SSSR count). The summed E-state index contributed by atoms with van der Waals surface area (Å²) >= 11 is 12.1. The van der Waals surface area contributed by atoms with Crippen molar-refractivity contribution in [2.45, 2.75) is 33.2 Å². The molecule has 3 aromatic rings. The number of ether oxygens (including phenoxy) is 1. The van der Waals surface area contributed by atoms with Gasteiger partial charge >= 0.3 is 5.69 Å². The molecule has 0 bridgehead atoms. The molecule has 0 fully saturated rings. The fourth-order valence-electron chi connectivity index (χ4n) is 3.19. The maximum atomic E-state index is 12.4. The molecular weight excluding hydrogens is 403 g/mol. The summed E-state index contributed by atoms with van der Waals surface area (Å²) in [6, 6.07) is 5.67. The third-order valence-corrected chi connectivity index (χ3v) is 4.80. The van der Waals surface area contributed by atoms with Crippen LogP contribution in [-0.4, -0.2) is 19.7 Å². The SMILES string of the molecule is CCc1c(Oc2cc(Cl)cc(Cl)c2)n[nH]c1C(C(C)C)n1c(=O)cc[nH]c1=O. The fraction of sp³-hybridized carbons (Fsp3) is 0.316. The first kappa shape index (κ1) is 20.2. The number of hydrogen-bond acceptors (Lipinski definition) is 4. The second-order valence-electron chi connectivity index (χ2n) is 6.66. The van der Waals surface area contributed by atoms with Crippen LogP contribution in [0.25, 0.3) is 0 Å². The molecule has 0 amide bonds. The van der Waals surface area contributed by atoms with E-state index in [4.69, 9.17) is 27.9 Å². The lowest BCUT2D eigenvalue weighted by molar-refractivity contribution is 0.400. The van der Waals surface area contributed by atoms with Crippen LogP contribution < -0.4 is 16.0 Å². The van der Waals surface area contributed by atoms with Crippen LogP contribution >= 0.6 is 23.2 Å². The molecule has 0 aliphatic heterocycles. The number of halogens is 2. The maximum absolute atomic E-state index is 12.4. The molecule has 7 nitrogen and oxygen atoms in total. The molecule has 28 heavy (non-hydrogen) atoms. The van der Waals surface area contributed by atoms with Gasteiger partial charge in [-0.1, -0.05) is 44.0 Å². The highest BCUT2D eigenvalue weighted by Crippen LogP contribution is 2.34. The van der Waals surface area contributed by atoms with E-state index in [2.05, 4.69) is 15.2 Å². The Labute approximate surface area is 171 Å². The first-order valence-corrected chi connectivity index (χ1v) is 9.58. The number of nitrogens with one attached hydrogen (secondary N) is 2. The number of nitrogens with zero attached hydrogens (tertiary/aromatic N) is 2. The number of rotatable bonds is 6. The van der Waals surface area contributed by atoms with E-state index in [0.717, 1.165) is 5.56 Å².